The maximum Gasteiger partial charge on any atom is 0.259 e. The third kappa shape index (κ3) is 4.01. The summed E-state index contributed by atoms with van der Waals surface area (Å²) >= 11 is 5.67. The zero-order chi connectivity index (χ0) is 22.4. The number of amides is 2. The van der Waals surface area contributed by atoms with Crippen molar-refractivity contribution in [2.45, 2.75) is 37.8 Å². The van der Waals surface area contributed by atoms with Gasteiger partial charge in [0.15, 0.2) is 12.7 Å². The quantitative estimate of drug-likeness (QED) is 0.600. The lowest BCUT2D eigenvalue weighted by Gasteiger charge is -2.71. The third-order valence-electron chi connectivity index (χ3n) is 5.80. The van der Waals surface area contributed by atoms with E-state index in [0.29, 0.717) is 30.7 Å². The number of primary amides is 1. The second kappa shape index (κ2) is 7.64. The smallest absolute Gasteiger partial charge is 0.259 e. The van der Waals surface area contributed by atoms with Gasteiger partial charge in [0.05, 0.1) is 10.7 Å². The van der Waals surface area contributed by atoms with Crippen LogP contribution in [0.5, 0.6) is 11.5 Å². The molecule has 164 valence electrons. The van der Waals surface area contributed by atoms with Gasteiger partial charge >= 0.3 is 0 Å². The van der Waals surface area contributed by atoms with Crippen LogP contribution in [0.3, 0.4) is 0 Å². The highest BCUT2D eigenvalue weighted by molar-refractivity contribution is 6.30. The Morgan fingerprint density at radius 2 is 1.97 bits per heavy atom. The lowest BCUT2D eigenvalue weighted by Crippen LogP contribution is -2.80. The summed E-state index contributed by atoms with van der Waals surface area (Å²) < 4.78 is 37.8. The van der Waals surface area contributed by atoms with Gasteiger partial charge in [-0.05, 0) is 50.5 Å². The van der Waals surface area contributed by atoms with E-state index in [1.54, 1.807) is 6.92 Å². The van der Waals surface area contributed by atoms with Crippen molar-refractivity contribution in [1.29, 1.82) is 0 Å². The Morgan fingerprint density at radius 3 is 2.58 bits per heavy atom. The second-order valence-electron chi connectivity index (χ2n) is 8.20. The van der Waals surface area contributed by atoms with Crippen LogP contribution in [0, 0.1) is 24.1 Å². The van der Waals surface area contributed by atoms with Crippen molar-refractivity contribution in [3.8, 4) is 11.5 Å². The van der Waals surface area contributed by atoms with Gasteiger partial charge in [0, 0.05) is 17.0 Å². The highest BCUT2D eigenvalue weighted by atomic mass is 35.5. The number of halogens is 3. The molecule has 3 aliphatic rings. The fourth-order valence-electron chi connectivity index (χ4n) is 4.59. The number of benzene rings is 1. The summed E-state index contributed by atoms with van der Waals surface area (Å²) in [6.45, 7) is 1.33. The first-order chi connectivity index (χ1) is 14.6. The van der Waals surface area contributed by atoms with Crippen LogP contribution < -0.4 is 20.5 Å². The van der Waals surface area contributed by atoms with Crippen LogP contribution in [0.4, 0.5) is 8.78 Å². The number of aryl methyl sites for hydroxylation is 1. The van der Waals surface area contributed by atoms with Crippen molar-refractivity contribution < 1.29 is 27.8 Å². The van der Waals surface area contributed by atoms with Crippen molar-refractivity contribution in [2.75, 3.05) is 6.61 Å². The Bertz CT molecular complexity index is 1050. The highest BCUT2D eigenvalue weighted by Gasteiger charge is 2.73. The second-order valence-corrected chi connectivity index (χ2v) is 8.61. The molecule has 1 unspecified atom stereocenters. The first-order valence-corrected chi connectivity index (χ1v) is 9.97. The number of nitrogens with zero attached hydrogens (tertiary/aromatic N) is 1. The number of pyridine rings is 1. The molecule has 3 saturated carbocycles. The maximum atomic E-state index is 13.7. The van der Waals surface area contributed by atoms with E-state index in [1.165, 1.54) is 18.2 Å². The molecule has 3 aliphatic carbocycles. The van der Waals surface area contributed by atoms with Gasteiger partial charge in [-0.1, -0.05) is 11.6 Å². The van der Waals surface area contributed by atoms with E-state index < -0.39 is 34.7 Å². The Hall–Kier alpha value is -2.94. The topological polar surface area (TPSA) is 104 Å². The van der Waals surface area contributed by atoms with E-state index in [-0.39, 0.29) is 23.3 Å². The van der Waals surface area contributed by atoms with E-state index in [1.807, 2.05) is 0 Å². The first kappa shape index (κ1) is 21.3. The van der Waals surface area contributed by atoms with Crippen LogP contribution in [-0.2, 0) is 9.59 Å². The number of hydrogen-bond donors (Lipinski definition) is 2. The minimum absolute atomic E-state index is 0.0519. The van der Waals surface area contributed by atoms with Crippen LogP contribution >= 0.6 is 11.6 Å². The molecule has 1 atom stereocenters. The predicted octanol–water partition coefficient (Wildman–Crippen LogP) is 2.67. The Balaban J connectivity index is 1.32. The molecule has 31 heavy (non-hydrogen) atoms. The van der Waals surface area contributed by atoms with Crippen molar-refractivity contribution in [2.24, 2.45) is 11.1 Å². The van der Waals surface area contributed by atoms with Gasteiger partial charge in [-0.15, -0.1) is 0 Å². The zero-order valence-corrected chi connectivity index (χ0v) is 17.3. The van der Waals surface area contributed by atoms with E-state index in [2.05, 4.69) is 10.3 Å². The number of hydrogen-bond acceptors (Lipinski definition) is 5. The van der Waals surface area contributed by atoms with Gasteiger partial charge in [-0.25, -0.2) is 9.37 Å². The summed E-state index contributed by atoms with van der Waals surface area (Å²) in [6, 6.07) is 6.47. The largest absolute Gasteiger partial charge is 0.482 e. The molecule has 5 rings (SSSR count). The maximum absolute atomic E-state index is 13.7. The zero-order valence-electron chi connectivity index (χ0n) is 16.6. The molecular weight excluding hydrogens is 432 g/mol. The van der Waals surface area contributed by atoms with E-state index in [9.17, 15) is 18.4 Å². The molecule has 2 bridgehead atoms. The Labute approximate surface area is 181 Å². The van der Waals surface area contributed by atoms with E-state index >= 15 is 0 Å². The molecule has 0 radical (unpaired) electrons. The van der Waals surface area contributed by atoms with Gasteiger partial charge in [-0.3, -0.25) is 9.59 Å². The number of nitrogens with two attached hydrogens (primary N) is 1. The first-order valence-electron chi connectivity index (χ1n) is 9.59. The Morgan fingerprint density at radius 1 is 1.26 bits per heavy atom. The number of carbonyl (C=O) groups excluding carboxylic acids is 2. The van der Waals surface area contributed by atoms with Crippen LogP contribution in [0.25, 0.3) is 0 Å². The van der Waals surface area contributed by atoms with Crippen molar-refractivity contribution in [3.63, 3.8) is 0 Å². The third-order valence-corrected chi connectivity index (χ3v) is 6.10. The van der Waals surface area contributed by atoms with Crippen molar-refractivity contribution in [3.05, 3.63) is 52.8 Å². The summed E-state index contributed by atoms with van der Waals surface area (Å²) in [5, 5.41) is 2.86. The summed E-state index contributed by atoms with van der Waals surface area (Å²) in [4.78, 5) is 27.9. The molecule has 0 spiro atoms. The summed E-state index contributed by atoms with van der Waals surface area (Å²) in [5.74, 6) is -1.80. The lowest BCUT2D eigenvalue weighted by molar-refractivity contribution is -0.208. The molecule has 10 heteroatoms. The van der Waals surface area contributed by atoms with Gasteiger partial charge < -0.3 is 20.5 Å². The molecule has 2 amide bonds. The molecule has 3 fully saturated rings. The predicted molar refractivity (Wildman–Crippen MR) is 107 cm³/mol. The number of carbonyl (C=O) groups is 2. The monoisotopic (exact) mass is 451 g/mol. The molecule has 1 aromatic heterocycles. The van der Waals surface area contributed by atoms with Crippen LogP contribution in [0.15, 0.2) is 30.3 Å². The van der Waals surface area contributed by atoms with Gasteiger partial charge in [0.2, 0.25) is 5.95 Å². The van der Waals surface area contributed by atoms with E-state index in [4.69, 9.17) is 26.8 Å². The molecule has 0 aliphatic heterocycles. The number of aromatic nitrogens is 1. The standard InChI is InChI=1S/C21H20ClF2N3O4/c1-11-15(4-5-16(24)26-11)30-7-17(28)27-21-8-20(9-21,10-21)18(19(25)29)31-12-2-3-13(22)14(23)6-12/h2-6,18H,7-10H2,1H3,(H2,25,29)(H,27,28). The molecule has 7 nitrogen and oxygen atoms in total. The summed E-state index contributed by atoms with van der Waals surface area (Å²) in [5.41, 5.74) is 4.92. The highest BCUT2D eigenvalue weighted by Crippen LogP contribution is 2.69. The number of nitrogens with one attached hydrogen (secondary N) is 1. The van der Waals surface area contributed by atoms with Gasteiger partial charge in [0.1, 0.15) is 17.3 Å². The lowest BCUT2D eigenvalue weighted by atomic mass is 9.37. The van der Waals surface area contributed by atoms with Crippen molar-refractivity contribution in [1.82, 2.24) is 10.3 Å². The van der Waals surface area contributed by atoms with E-state index in [0.717, 1.165) is 12.1 Å². The van der Waals surface area contributed by atoms with Crippen molar-refractivity contribution >= 4 is 23.4 Å². The molecule has 1 aromatic carbocycles. The normalized spacial score (nSPS) is 24.4. The SMILES string of the molecule is Cc1nc(F)ccc1OCC(=O)NC12CC(C(Oc3ccc(Cl)c(F)c3)C(N)=O)(C1)C2. The molecule has 3 N–H and O–H groups in total. The van der Waals surface area contributed by atoms with Crippen LogP contribution in [-0.4, -0.2) is 35.0 Å². The minimum Gasteiger partial charge on any atom is -0.482 e. The average molecular weight is 452 g/mol. The Kier molecular flexibility index (Phi) is 5.25. The number of rotatable bonds is 8. The summed E-state index contributed by atoms with van der Waals surface area (Å²) in [6.07, 6.45) is 0.571. The fourth-order valence-corrected chi connectivity index (χ4v) is 4.71. The molecular formula is C21H20ClF2N3O4. The molecule has 1 heterocycles. The van der Waals surface area contributed by atoms with Crippen LogP contribution in [0.1, 0.15) is 25.0 Å². The van der Waals surface area contributed by atoms with Gasteiger partial charge in [-0.2, -0.15) is 4.39 Å². The van der Waals surface area contributed by atoms with Crippen LogP contribution in [0.2, 0.25) is 5.02 Å². The van der Waals surface area contributed by atoms with Gasteiger partial charge in [0.25, 0.3) is 11.8 Å². The summed E-state index contributed by atoms with van der Waals surface area (Å²) in [7, 11) is 0. The number of ether oxygens (including phenoxy) is 2. The molecule has 2 aromatic rings. The minimum atomic E-state index is -0.948. The average Bonchev–Trinajstić information content (AvgIpc) is 2.64. The fraction of sp³-hybridized carbons (Fsp3) is 0.381. The molecule has 0 saturated heterocycles.